The van der Waals surface area contributed by atoms with Crippen molar-refractivity contribution < 1.29 is 19.2 Å². The second kappa shape index (κ2) is 9.93. The first kappa shape index (κ1) is 20.7. The summed E-state index contributed by atoms with van der Waals surface area (Å²) in [5.41, 5.74) is 2.06. The molecule has 0 bridgehead atoms. The molecule has 7 nitrogen and oxygen atoms in total. The van der Waals surface area contributed by atoms with Gasteiger partial charge in [-0.1, -0.05) is 42.5 Å². The average molecular weight is 397 g/mol. The summed E-state index contributed by atoms with van der Waals surface area (Å²) in [6.45, 7) is 5.55. The third-order valence-corrected chi connectivity index (χ3v) is 5.37. The van der Waals surface area contributed by atoms with Gasteiger partial charge in [-0.15, -0.1) is 0 Å². The fourth-order valence-electron chi connectivity index (χ4n) is 3.59. The van der Waals surface area contributed by atoms with Gasteiger partial charge in [-0.3, -0.25) is 10.1 Å². The number of carbonyl (C=O) groups is 2. The van der Waals surface area contributed by atoms with Crippen molar-refractivity contribution in [3.63, 3.8) is 0 Å². The Hall–Kier alpha value is -3.06. The van der Waals surface area contributed by atoms with Crippen molar-refractivity contribution in [2.45, 2.75) is 19.5 Å². The lowest BCUT2D eigenvalue weighted by atomic mass is 10.2. The number of hydrogen-bond acceptors (Lipinski definition) is 4. The number of nitrogens with zero attached hydrogens (tertiary/aromatic N) is 1. The molecule has 3 rings (SSSR count). The zero-order valence-electron chi connectivity index (χ0n) is 17.0. The molecule has 0 radical (unpaired) electrons. The molecule has 1 atom stereocenters. The number of carbonyl (C=O) groups excluding carboxylic acids is 2. The SMILES string of the molecule is COc1ccccc1N1CC[NH+]([C@H](C)C(=O)NC(=O)NCc2ccccc2)CC1. The normalized spacial score (nSPS) is 15.4. The molecule has 2 aromatic carbocycles. The number of urea groups is 1. The van der Waals surface area contributed by atoms with Crippen LogP contribution >= 0.6 is 0 Å². The molecule has 2 aromatic rings. The van der Waals surface area contributed by atoms with Crippen molar-refractivity contribution in [3.8, 4) is 5.75 Å². The molecular weight excluding hydrogens is 368 g/mol. The minimum absolute atomic E-state index is 0.253. The number of imide groups is 1. The van der Waals surface area contributed by atoms with Crippen LogP contribution in [0.3, 0.4) is 0 Å². The van der Waals surface area contributed by atoms with Crippen molar-refractivity contribution in [2.75, 3.05) is 38.2 Å². The minimum atomic E-state index is -0.460. The van der Waals surface area contributed by atoms with E-state index in [2.05, 4.69) is 21.6 Å². The first-order valence-corrected chi connectivity index (χ1v) is 9.93. The first-order chi connectivity index (χ1) is 14.1. The molecule has 1 fully saturated rings. The zero-order valence-corrected chi connectivity index (χ0v) is 17.0. The van der Waals surface area contributed by atoms with Gasteiger partial charge in [0.05, 0.1) is 39.0 Å². The molecular formula is C22H29N4O3+. The van der Waals surface area contributed by atoms with Gasteiger partial charge in [0.1, 0.15) is 5.75 Å². The highest BCUT2D eigenvalue weighted by Crippen LogP contribution is 2.27. The molecule has 154 valence electrons. The Labute approximate surface area is 171 Å². The standard InChI is InChI=1S/C22H28N4O3/c1-17(21(27)24-22(28)23-16-18-8-4-3-5-9-18)25-12-14-26(15-13-25)19-10-6-7-11-20(19)29-2/h3-11,17H,12-16H2,1-2H3,(H2,23,24,27,28)/p+1/t17-/m1/s1. The molecule has 3 N–H and O–H groups in total. The van der Waals surface area contributed by atoms with Crippen molar-refractivity contribution in [1.82, 2.24) is 10.6 Å². The molecule has 29 heavy (non-hydrogen) atoms. The summed E-state index contributed by atoms with van der Waals surface area (Å²) in [6.07, 6.45) is 0. The van der Waals surface area contributed by atoms with Gasteiger partial charge in [0.15, 0.2) is 6.04 Å². The number of para-hydroxylation sites is 2. The Bertz CT molecular complexity index is 820. The van der Waals surface area contributed by atoms with E-state index in [1.807, 2.05) is 55.5 Å². The lowest BCUT2D eigenvalue weighted by Gasteiger charge is -2.36. The van der Waals surface area contributed by atoms with Crippen LogP contribution in [0.15, 0.2) is 54.6 Å². The quantitative estimate of drug-likeness (QED) is 0.675. The number of anilines is 1. The predicted molar refractivity (Wildman–Crippen MR) is 112 cm³/mol. The number of amides is 3. The zero-order chi connectivity index (χ0) is 20.6. The summed E-state index contributed by atoms with van der Waals surface area (Å²) in [4.78, 5) is 28.0. The molecule has 3 amide bonds. The van der Waals surface area contributed by atoms with Crippen LogP contribution in [0.1, 0.15) is 12.5 Å². The number of methoxy groups -OCH3 is 1. The van der Waals surface area contributed by atoms with E-state index in [1.165, 1.54) is 4.90 Å². The number of piperazine rings is 1. The van der Waals surface area contributed by atoms with Crippen LogP contribution in [0.5, 0.6) is 5.75 Å². The van der Waals surface area contributed by atoms with Gasteiger partial charge < -0.3 is 19.9 Å². The maximum absolute atomic E-state index is 12.5. The molecule has 0 saturated carbocycles. The number of ether oxygens (including phenoxy) is 1. The molecule has 7 heteroatoms. The molecule has 1 aliphatic rings. The number of nitrogens with one attached hydrogen (secondary N) is 3. The van der Waals surface area contributed by atoms with Gasteiger partial charge in [-0.25, -0.2) is 4.79 Å². The summed E-state index contributed by atoms with van der Waals surface area (Å²) in [5.74, 6) is 0.605. The number of benzene rings is 2. The van der Waals surface area contributed by atoms with E-state index in [-0.39, 0.29) is 11.9 Å². The first-order valence-electron chi connectivity index (χ1n) is 9.93. The van der Waals surface area contributed by atoms with Crippen molar-refractivity contribution in [3.05, 3.63) is 60.2 Å². The van der Waals surface area contributed by atoms with E-state index in [0.29, 0.717) is 6.54 Å². The molecule has 1 heterocycles. The highest BCUT2D eigenvalue weighted by molar-refractivity contribution is 5.96. The fraction of sp³-hybridized carbons (Fsp3) is 0.364. The maximum atomic E-state index is 12.5. The summed E-state index contributed by atoms with van der Waals surface area (Å²) >= 11 is 0. The molecule has 0 spiro atoms. The van der Waals surface area contributed by atoms with Crippen LogP contribution in [0, 0.1) is 0 Å². The highest BCUT2D eigenvalue weighted by Gasteiger charge is 2.30. The summed E-state index contributed by atoms with van der Waals surface area (Å²) in [6, 6.07) is 16.8. The van der Waals surface area contributed by atoms with Crippen LogP contribution in [-0.2, 0) is 11.3 Å². The number of quaternary nitrogens is 1. The second-order valence-electron chi connectivity index (χ2n) is 7.20. The van der Waals surface area contributed by atoms with Gasteiger partial charge >= 0.3 is 6.03 Å². The molecule has 0 aliphatic carbocycles. The average Bonchev–Trinajstić information content (AvgIpc) is 2.78. The minimum Gasteiger partial charge on any atom is -0.495 e. The van der Waals surface area contributed by atoms with Crippen molar-refractivity contribution in [1.29, 1.82) is 0 Å². The van der Waals surface area contributed by atoms with Gasteiger partial charge in [0.25, 0.3) is 5.91 Å². The van der Waals surface area contributed by atoms with E-state index in [9.17, 15) is 9.59 Å². The summed E-state index contributed by atoms with van der Waals surface area (Å²) in [7, 11) is 1.68. The van der Waals surface area contributed by atoms with E-state index >= 15 is 0 Å². The second-order valence-corrected chi connectivity index (χ2v) is 7.20. The largest absolute Gasteiger partial charge is 0.495 e. The summed E-state index contributed by atoms with van der Waals surface area (Å²) in [5, 5.41) is 5.19. The monoisotopic (exact) mass is 397 g/mol. The van der Waals surface area contributed by atoms with Crippen molar-refractivity contribution in [2.24, 2.45) is 0 Å². The number of rotatable bonds is 6. The van der Waals surface area contributed by atoms with Gasteiger partial charge in [-0.05, 0) is 24.6 Å². The van der Waals surface area contributed by atoms with E-state index in [4.69, 9.17) is 4.74 Å². The Balaban J connectivity index is 1.46. The Morgan fingerprint density at radius 1 is 1.07 bits per heavy atom. The molecule has 0 aromatic heterocycles. The third-order valence-electron chi connectivity index (χ3n) is 5.37. The van der Waals surface area contributed by atoms with Crippen LogP contribution < -0.4 is 25.2 Å². The van der Waals surface area contributed by atoms with Gasteiger partial charge in [0.2, 0.25) is 0 Å². The molecule has 1 aliphatic heterocycles. The molecule has 1 saturated heterocycles. The number of hydrogen-bond donors (Lipinski definition) is 3. The topological polar surface area (TPSA) is 75.1 Å². The van der Waals surface area contributed by atoms with Crippen LogP contribution in [0.4, 0.5) is 10.5 Å². The van der Waals surface area contributed by atoms with Crippen LogP contribution in [-0.4, -0.2) is 51.3 Å². The van der Waals surface area contributed by atoms with Crippen molar-refractivity contribution >= 4 is 17.6 Å². The van der Waals surface area contributed by atoms with E-state index in [0.717, 1.165) is 43.2 Å². The Morgan fingerprint density at radius 2 is 1.72 bits per heavy atom. The predicted octanol–water partition coefficient (Wildman–Crippen LogP) is 0.815. The summed E-state index contributed by atoms with van der Waals surface area (Å²) < 4.78 is 5.45. The van der Waals surface area contributed by atoms with Crippen LogP contribution in [0.2, 0.25) is 0 Å². The lowest BCUT2D eigenvalue weighted by molar-refractivity contribution is -0.914. The highest BCUT2D eigenvalue weighted by atomic mass is 16.5. The van der Waals surface area contributed by atoms with Gasteiger partial charge in [-0.2, -0.15) is 0 Å². The Morgan fingerprint density at radius 3 is 2.41 bits per heavy atom. The molecule has 0 unspecified atom stereocenters. The lowest BCUT2D eigenvalue weighted by Crippen LogP contribution is -3.19. The fourth-order valence-corrected chi connectivity index (χ4v) is 3.59. The smallest absolute Gasteiger partial charge is 0.321 e. The van der Waals surface area contributed by atoms with Gasteiger partial charge in [0, 0.05) is 6.54 Å². The third kappa shape index (κ3) is 5.48. The van der Waals surface area contributed by atoms with E-state index < -0.39 is 6.03 Å². The maximum Gasteiger partial charge on any atom is 0.321 e. The Kier molecular flexibility index (Phi) is 7.08. The van der Waals surface area contributed by atoms with E-state index in [1.54, 1.807) is 7.11 Å². The van der Waals surface area contributed by atoms with Crippen LogP contribution in [0.25, 0.3) is 0 Å².